The molecule has 0 bridgehead atoms. The molecule has 0 saturated carbocycles. The summed E-state index contributed by atoms with van der Waals surface area (Å²) in [4.78, 5) is 0. The maximum Gasteiger partial charge on any atom is 0.257 e. The monoisotopic (exact) mass is 368 g/mol. The first-order chi connectivity index (χ1) is 12.4. The molecule has 0 N–H and O–H groups in total. The summed E-state index contributed by atoms with van der Waals surface area (Å²) in [5.41, 5.74) is -0.0202. The van der Waals surface area contributed by atoms with Crippen molar-refractivity contribution in [2.24, 2.45) is 0 Å². The van der Waals surface area contributed by atoms with Gasteiger partial charge in [0.2, 0.25) is 0 Å². The average molecular weight is 368 g/mol. The van der Waals surface area contributed by atoms with E-state index in [4.69, 9.17) is 9.15 Å². The molecule has 134 valence electrons. The second-order valence-electron chi connectivity index (χ2n) is 5.69. The molecule has 0 radical (unpaired) electrons. The molecule has 1 atom stereocenters. The van der Waals surface area contributed by atoms with Gasteiger partial charge in [-0.1, -0.05) is 0 Å². The molecule has 3 aromatic rings. The van der Waals surface area contributed by atoms with Crippen LogP contribution in [0.5, 0.6) is 5.75 Å². The van der Waals surface area contributed by atoms with E-state index < -0.39 is 40.8 Å². The van der Waals surface area contributed by atoms with Crippen LogP contribution in [0.3, 0.4) is 0 Å². The minimum atomic E-state index is -1.97. The van der Waals surface area contributed by atoms with Crippen molar-refractivity contribution < 1.29 is 31.1 Å². The Balaban J connectivity index is 1.65. The van der Waals surface area contributed by atoms with Crippen LogP contribution in [0.1, 0.15) is 24.0 Å². The fourth-order valence-electron chi connectivity index (χ4n) is 2.73. The van der Waals surface area contributed by atoms with Crippen molar-refractivity contribution in [1.29, 1.82) is 0 Å². The van der Waals surface area contributed by atoms with E-state index in [-0.39, 0.29) is 11.7 Å². The van der Waals surface area contributed by atoms with Crippen molar-refractivity contribution in [3.8, 4) is 17.2 Å². The highest BCUT2D eigenvalue weighted by Gasteiger charge is 2.28. The van der Waals surface area contributed by atoms with E-state index in [1.807, 2.05) is 0 Å². The summed E-state index contributed by atoms with van der Waals surface area (Å²) in [5, 5.41) is 7.26. The molecular weight excluding hydrogens is 359 g/mol. The lowest BCUT2D eigenvalue weighted by Crippen LogP contribution is -2.15. The third-order valence-corrected chi connectivity index (χ3v) is 4.02. The summed E-state index contributed by atoms with van der Waals surface area (Å²) in [5.74, 6) is -7.61. The summed E-state index contributed by atoms with van der Waals surface area (Å²) >= 11 is 0. The molecule has 4 nitrogen and oxygen atoms in total. The van der Waals surface area contributed by atoms with Crippen LogP contribution >= 0.6 is 0 Å². The summed E-state index contributed by atoms with van der Waals surface area (Å²) in [6.07, 6.45) is 0.170. The van der Waals surface area contributed by atoms with Gasteiger partial charge in [-0.15, -0.1) is 10.2 Å². The van der Waals surface area contributed by atoms with Crippen LogP contribution in [0, 0.1) is 29.1 Å². The molecule has 1 aliphatic rings. The Kier molecular flexibility index (Phi) is 3.86. The Labute approximate surface area is 143 Å². The predicted molar refractivity (Wildman–Crippen MR) is 77.7 cm³/mol. The Morgan fingerprint density at radius 3 is 2.54 bits per heavy atom. The van der Waals surface area contributed by atoms with Gasteiger partial charge in [-0.2, -0.15) is 0 Å². The van der Waals surface area contributed by atoms with Crippen LogP contribution in [0.25, 0.3) is 11.5 Å². The third-order valence-electron chi connectivity index (χ3n) is 4.02. The van der Waals surface area contributed by atoms with Gasteiger partial charge in [0.15, 0.2) is 29.4 Å². The van der Waals surface area contributed by atoms with E-state index in [1.54, 1.807) is 0 Å². The number of aromatic nitrogens is 2. The minimum Gasteiger partial charge on any atom is -0.480 e. The SMILES string of the molecule is Fc1ccc2c(c1)CCC(c1nnc(-c3cc(F)c(F)c(F)c3F)o1)O2. The van der Waals surface area contributed by atoms with Crippen molar-refractivity contribution in [1.82, 2.24) is 10.2 Å². The summed E-state index contributed by atoms with van der Waals surface area (Å²) < 4.78 is 77.7. The average Bonchev–Trinajstić information content (AvgIpc) is 3.12. The fourth-order valence-corrected chi connectivity index (χ4v) is 2.73. The summed E-state index contributed by atoms with van der Waals surface area (Å²) in [7, 11) is 0. The van der Waals surface area contributed by atoms with E-state index in [1.165, 1.54) is 18.2 Å². The molecule has 0 saturated heterocycles. The quantitative estimate of drug-likeness (QED) is 0.380. The van der Waals surface area contributed by atoms with Gasteiger partial charge >= 0.3 is 0 Å². The van der Waals surface area contributed by atoms with Gasteiger partial charge in [0.05, 0.1) is 5.56 Å². The van der Waals surface area contributed by atoms with Crippen molar-refractivity contribution >= 4 is 0 Å². The molecule has 4 rings (SSSR count). The zero-order valence-electron chi connectivity index (χ0n) is 12.9. The topological polar surface area (TPSA) is 48.2 Å². The molecule has 1 aliphatic heterocycles. The first-order valence-electron chi connectivity index (χ1n) is 7.56. The van der Waals surface area contributed by atoms with Gasteiger partial charge in [-0.05, 0) is 42.7 Å². The zero-order valence-corrected chi connectivity index (χ0v) is 12.9. The molecule has 9 heteroatoms. The molecular formula is C17H9F5N2O2. The first kappa shape index (κ1) is 16.5. The lowest BCUT2D eigenvalue weighted by atomic mass is 10.0. The molecule has 0 spiro atoms. The van der Waals surface area contributed by atoms with E-state index in [2.05, 4.69) is 10.2 Å². The molecule has 0 amide bonds. The van der Waals surface area contributed by atoms with Crippen LogP contribution in [-0.4, -0.2) is 10.2 Å². The van der Waals surface area contributed by atoms with Crippen molar-refractivity contribution in [3.63, 3.8) is 0 Å². The van der Waals surface area contributed by atoms with Gasteiger partial charge in [0, 0.05) is 0 Å². The maximum absolute atomic E-state index is 13.8. The van der Waals surface area contributed by atoms with Crippen molar-refractivity contribution in [3.05, 3.63) is 64.8 Å². The normalized spacial score (nSPS) is 16.3. The second kappa shape index (κ2) is 6.08. The van der Waals surface area contributed by atoms with E-state index in [0.717, 1.165) is 0 Å². The standard InChI is InChI=1S/C17H9F5N2O2/c18-8-2-4-11-7(5-8)1-3-12(25-11)17-24-23-16(26-17)9-6-10(19)14(21)15(22)13(9)20/h2,4-6,12H,1,3H2. The lowest BCUT2D eigenvalue weighted by Gasteiger charge is -2.23. The molecule has 1 aromatic heterocycles. The van der Waals surface area contributed by atoms with E-state index in [9.17, 15) is 22.0 Å². The van der Waals surface area contributed by atoms with E-state index in [0.29, 0.717) is 30.2 Å². The lowest BCUT2D eigenvalue weighted by molar-refractivity contribution is 0.144. The Hall–Kier alpha value is -2.97. The Bertz CT molecular complexity index is 1010. The van der Waals surface area contributed by atoms with Gasteiger partial charge < -0.3 is 9.15 Å². The molecule has 1 unspecified atom stereocenters. The number of nitrogens with zero attached hydrogens (tertiary/aromatic N) is 2. The minimum absolute atomic E-state index is 0.0421. The van der Waals surface area contributed by atoms with Gasteiger partial charge in [0.1, 0.15) is 11.6 Å². The van der Waals surface area contributed by atoms with Gasteiger partial charge in [-0.3, -0.25) is 0 Å². The number of rotatable bonds is 2. The highest BCUT2D eigenvalue weighted by Crippen LogP contribution is 2.36. The number of aryl methyl sites for hydroxylation is 1. The molecule has 26 heavy (non-hydrogen) atoms. The van der Waals surface area contributed by atoms with Crippen LogP contribution in [0.4, 0.5) is 22.0 Å². The molecule has 0 fully saturated rings. The van der Waals surface area contributed by atoms with Crippen LogP contribution in [-0.2, 0) is 6.42 Å². The number of hydrogen-bond acceptors (Lipinski definition) is 4. The van der Waals surface area contributed by atoms with Crippen LogP contribution in [0.15, 0.2) is 28.7 Å². The summed E-state index contributed by atoms with van der Waals surface area (Å²) in [6, 6.07) is 4.48. The smallest absolute Gasteiger partial charge is 0.257 e. The Morgan fingerprint density at radius 1 is 0.923 bits per heavy atom. The van der Waals surface area contributed by atoms with Crippen LogP contribution < -0.4 is 4.74 Å². The van der Waals surface area contributed by atoms with Crippen molar-refractivity contribution in [2.75, 3.05) is 0 Å². The summed E-state index contributed by atoms with van der Waals surface area (Å²) in [6.45, 7) is 0. The Morgan fingerprint density at radius 2 is 1.73 bits per heavy atom. The van der Waals surface area contributed by atoms with Gasteiger partial charge in [0.25, 0.3) is 11.8 Å². The molecule has 2 aromatic carbocycles. The molecule has 2 heterocycles. The number of ether oxygens (including phenoxy) is 1. The number of benzene rings is 2. The maximum atomic E-state index is 13.8. The second-order valence-corrected chi connectivity index (χ2v) is 5.69. The van der Waals surface area contributed by atoms with Crippen LogP contribution in [0.2, 0.25) is 0 Å². The highest BCUT2D eigenvalue weighted by atomic mass is 19.2. The first-order valence-corrected chi connectivity index (χ1v) is 7.56. The third kappa shape index (κ3) is 2.69. The highest BCUT2D eigenvalue weighted by molar-refractivity contribution is 5.54. The predicted octanol–water partition coefficient (Wildman–Crippen LogP) is 4.50. The van der Waals surface area contributed by atoms with Crippen molar-refractivity contribution in [2.45, 2.75) is 18.9 Å². The largest absolute Gasteiger partial charge is 0.480 e. The number of halogens is 5. The zero-order chi connectivity index (χ0) is 18.4. The van der Waals surface area contributed by atoms with Gasteiger partial charge in [-0.25, -0.2) is 22.0 Å². The fraction of sp³-hybridized carbons (Fsp3) is 0.176. The van der Waals surface area contributed by atoms with E-state index >= 15 is 0 Å². The number of hydrogen-bond donors (Lipinski definition) is 0. The molecule has 0 aliphatic carbocycles. The number of fused-ring (bicyclic) bond motifs is 1.